The fourth-order valence-electron chi connectivity index (χ4n) is 1.05. The third kappa shape index (κ3) is 4.76. The fourth-order valence-corrected chi connectivity index (χ4v) is 1.05. The van der Waals surface area contributed by atoms with E-state index >= 15 is 0 Å². The van der Waals surface area contributed by atoms with E-state index in [2.05, 4.69) is 0 Å². The van der Waals surface area contributed by atoms with Crippen LogP contribution in [0, 0.1) is 0 Å². The second-order valence-corrected chi connectivity index (χ2v) is 3.25. The summed E-state index contributed by atoms with van der Waals surface area (Å²) in [5.74, 6) is -6.90. The van der Waals surface area contributed by atoms with Crippen molar-refractivity contribution in [3.05, 3.63) is 0 Å². The summed E-state index contributed by atoms with van der Waals surface area (Å²) in [7, 11) is 0. The summed E-state index contributed by atoms with van der Waals surface area (Å²) in [6.07, 6.45) is -3.37. The quantitative estimate of drug-likeness (QED) is 0.272. The monoisotopic (exact) mass is 265 g/mol. The largest absolute Gasteiger partial charge is 0.481 e. The highest BCUT2D eigenvalue weighted by molar-refractivity contribution is 5.86. The molecule has 0 amide bonds. The highest BCUT2D eigenvalue weighted by Gasteiger charge is 2.36. The number of hydrogen-bond donors (Lipinski definition) is 6. The van der Waals surface area contributed by atoms with Crippen LogP contribution in [0.15, 0.2) is 0 Å². The molecule has 0 bridgehead atoms. The van der Waals surface area contributed by atoms with E-state index in [1.807, 2.05) is 0 Å². The third-order valence-corrected chi connectivity index (χ3v) is 1.89. The molecule has 18 heavy (non-hydrogen) atoms. The summed E-state index contributed by atoms with van der Waals surface area (Å²) in [4.78, 5) is 42.0. The molecule has 10 nitrogen and oxygen atoms in total. The van der Waals surface area contributed by atoms with Gasteiger partial charge in [-0.25, -0.2) is 4.79 Å². The minimum atomic E-state index is -2.40. The first kappa shape index (κ1) is 15.8. The lowest BCUT2D eigenvalue weighted by Gasteiger charge is -2.21. The molecule has 0 rings (SSSR count). The lowest BCUT2D eigenvalue weighted by Crippen LogP contribution is -2.55. The number of aliphatic hydroxyl groups excluding tert-OH is 1. The first-order chi connectivity index (χ1) is 8.16. The van der Waals surface area contributed by atoms with Crippen LogP contribution in [0.4, 0.5) is 0 Å². The number of carboxylic acid groups (broad SMARTS) is 4. The van der Waals surface area contributed by atoms with Crippen LogP contribution < -0.4 is 5.32 Å². The van der Waals surface area contributed by atoms with Crippen LogP contribution in [0.2, 0.25) is 0 Å². The molecule has 3 atom stereocenters. The van der Waals surface area contributed by atoms with Gasteiger partial charge in [0.2, 0.25) is 0 Å². The predicted octanol–water partition coefficient (Wildman–Crippen LogP) is -2.60. The van der Waals surface area contributed by atoms with Crippen molar-refractivity contribution in [3.8, 4) is 0 Å². The van der Waals surface area contributed by atoms with Gasteiger partial charge in [-0.15, -0.1) is 0 Å². The summed E-state index contributed by atoms with van der Waals surface area (Å²) in [6, 6.07) is -3.97. The van der Waals surface area contributed by atoms with Crippen molar-refractivity contribution in [2.24, 2.45) is 0 Å². The molecule has 0 aliphatic rings. The Kier molecular flexibility index (Phi) is 5.72. The number of carboxylic acids is 4. The molecule has 0 aromatic heterocycles. The Bertz CT molecular complexity index is 366. The molecule has 102 valence electrons. The van der Waals surface area contributed by atoms with E-state index in [0.29, 0.717) is 0 Å². The molecular formula is C8H11NO9. The molecule has 0 aromatic carbocycles. The second kappa shape index (κ2) is 6.51. The van der Waals surface area contributed by atoms with Gasteiger partial charge in [0.1, 0.15) is 12.1 Å². The number of nitrogens with one attached hydrogen (secondary N) is 1. The lowest BCUT2D eigenvalue weighted by atomic mass is 10.1. The highest BCUT2D eigenvalue weighted by atomic mass is 16.4. The van der Waals surface area contributed by atoms with E-state index in [1.54, 1.807) is 5.32 Å². The van der Waals surface area contributed by atoms with Crippen LogP contribution in [0.25, 0.3) is 0 Å². The van der Waals surface area contributed by atoms with Gasteiger partial charge in [0.15, 0.2) is 6.10 Å². The maximum absolute atomic E-state index is 10.7. The Balaban J connectivity index is 4.93. The van der Waals surface area contributed by atoms with Gasteiger partial charge in [-0.05, 0) is 0 Å². The molecule has 10 heteroatoms. The van der Waals surface area contributed by atoms with E-state index < -0.39 is 48.5 Å². The van der Waals surface area contributed by atoms with Crippen molar-refractivity contribution in [1.29, 1.82) is 0 Å². The van der Waals surface area contributed by atoms with E-state index in [-0.39, 0.29) is 0 Å². The lowest BCUT2D eigenvalue weighted by molar-refractivity contribution is -0.158. The zero-order valence-electron chi connectivity index (χ0n) is 8.81. The normalized spacial score (nSPS) is 15.4. The number of hydrogen-bond acceptors (Lipinski definition) is 6. The topological polar surface area (TPSA) is 181 Å². The van der Waals surface area contributed by atoms with Gasteiger partial charge < -0.3 is 25.5 Å². The van der Waals surface area contributed by atoms with E-state index in [0.717, 1.165) is 0 Å². The second-order valence-electron chi connectivity index (χ2n) is 3.25. The smallest absolute Gasteiger partial charge is 0.334 e. The molecule has 0 aromatic rings. The number of carbonyl (C=O) groups is 4. The van der Waals surface area contributed by atoms with Gasteiger partial charge in [-0.3, -0.25) is 19.7 Å². The molecule has 0 saturated heterocycles. The molecule has 0 fully saturated rings. The molecule has 0 heterocycles. The zero-order valence-corrected chi connectivity index (χ0v) is 8.81. The Hall–Kier alpha value is -2.20. The number of rotatable bonds is 8. The molecule has 6 N–H and O–H groups in total. The van der Waals surface area contributed by atoms with Crippen molar-refractivity contribution in [2.75, 3.05) is 0 Å². The first-order valence-corrected chi connectivity index (χ1v) is 4.51. The molecule has 2 unspecified atom stereocenters. The van der Waals surface area contributed by atoms with Crippen molar-refractivity contribution in [2.45, 2.75) is 24.6 Å². The summed E-state index contributed by atoms with van der Waals surface area (Å²) in [5, 5.41) is 44.9. The Morgan fingerprint density at radius 1 is 0.889 bits per heavy atom. The molecule has 0 saturated carbocycles. The Morgan fingerprint density at radius 2 is 1.39 bits per heavy atom. The summed E-state index contributed by atoms with van der Waals surface area (Å²) >= 11 is 0. The van der Waals surface area contributed by atoms with E-state index in [1.165, 1.54) is 0 Å². The number of aliphatic hydroxyl groups is 1. The van der Waals surface area contributed by atoms with Crippen molar-refractivity contribution < 1.29 is 44.7 Å². The van der Waals surface area contributed by atoms with Gasteiger partial charge in [0.05, 0.1) is 6.42 Å². The molecule has 0 aliphatic carbocycles. The van der Waals surface area contributed by atoms with Gasteiger partial charge in [-0.1, -0.05) is 0 Å². The maximum atomic E-state index is 10.7. The molecule has 0 radical (unpaired) electrons. The van der Waals surface area contributed by atoms with Crippen LogP contribution in [0.3, 0.4) is 0 Å². The van der Waals surface area contributed by atoms with Crippen LogP contribution >= 0.6 is 0 Å². The average molecular weight is 265 g/mol. The summed E-state index contributed by atoms with van der Waals surface area (Å²) < 4.78 is 0. The minimum Gasteiger partial charge on any atom is -0.481 e. The predicted molar refractivity (Wildman–Crippen MR) is 51.9 cm³/mol. The van der Waals surface area contributed by atoms with Crippen molar-refractivity contribution in [1.82, 2.24) is 5.32 Å². The fraction of sp³-hybridized carbons (Fsp3) is 0.500. The average Bonchev–Trinajstić information content (AvgIpc) is 2.21. The van der Waals surface area contributed by atoms with Crippen LogP contribution in [-0.4, -0.2) is 67.6 Å². The standard InChI is InChI=1S/C8H11NO9/c10-3(11)1-2(6(13)14)9-4(7(15)16)5(12)8(17)18/h2,4-5,9,12H,1H2,(H,10,11)(H,13,14)(H,15,16)(H,17,18)/t2-,4?,5?/m0/s1. The SMILES string of the molecule is O=C(O)C[C@H](NC(C(=O)O)C(O)C(=O)O)C(=O)O. The van der Waals surface area contributed by atoms with Crippen molar-refractivity contribution in [3.63, 3.8) is 0 Å². The zero-order chi connectivity index (χ0) is 14.5. The highest BCUT2D eigenvalue weighted by Crippen LogP contribution is 2.01. The van der Waals surface area contributed by atoms with Gasteiger partial charge in [0.25, 0.3) is 0 Å². The van der Waals surface area contributed by atoms with Gasteiger partial charge in [-0.2, -0.15) is 0 Å². The van der Waals surface area contributed by atoms with Gasteiger partial charge in [0, 0.05) is 0 Å². The third-order valence-electron chi connectivity index (χ3n) is 1.89. The van der Waals surface area contributed by atoms with Gasteiger partial charge >= 0.3 is 23.9 Å². The van der Waals surface area contributed by atoms with Crippen LogP contribution in [0.5, 0.6) is 0 Å². The number of aliphatic carboxylic acids is 4. The van der Waals surface area contributed by atoms with Crippen LogP contribution in [0.1, 0.15) is 6.42 Å². The maximum Gasteiger partial charge on any atom is 0.334 e. The van der Waals surface area contributed by atoms with E-state index in [9.17, 15) is 19.2 Å². The molecular weight excluding hydrogens is 254 g/mol. The minimum absolute atomic E-state index is 0.967. The van der Waals surface area contributed by atoms with Crippen molar-refractivity contribution >= 4 is 23.9 Å². The molecule has 0 aliphatic heterocycles. The molecule has 0 spiro atoms. The van der Waals surface area contributed by atoms with Crippen LogP contribution in [-0.2, 0) is 19.2 Å². The Labute approximate surface area is 99.5 Å². The Morgan fingerprint density at radius 3 is 1.67 bits per heavy atom. The summed E-state index contributed by atoms with van der Waals surface area (Å²) in [5.41, 5.74) is 0. The summed E-state index contributed by atoms with van der Waals surface area (Å²) in [6.45, 7) is 0. The van der Waals surface area contributed by atoms with E-state index in [4.69, 9.17) is 25.5 Å². The first-order valence-electron chi connectivity index (χ1n) is 4.51.